The van der Waals surface area contributed by atoms with Crippen LogP contribution in [0.25, 0.3) is 11.3 Å². The topological polar surface area (TPSA) is 53.5 Å². The van der Waals surface area contributed by atoms with Crippen LogP contribution in [0.1, 0.15) is 11.3 Å². The molecule has 5 heteroatoms. The summed E-state index contributed by atoms with van der Waals surface area (Å²) in [4.78, 5) is 8.54. The highest BCUT2D eigenvalue weighted by Gasteiger charge is 2.16. The molecule has 2 aromatic rings. The number of aryl methyl sites for hydroxylation is 1. The molecule has 0 spiro atoms. The molecule has 5 nitrogen and oxygen atoms in total. The van der Waals surface area contributed by atoms with Crippen LogP contribution in [-0.2, 0) is 0 Å². The number of aromatic nitrogens is 2. The van der Waals surface area contributed by atoms with E-state index in [1.807, 2.05) is 26.0 Å². The van der Waals surface area contributed by atoms with Gasteiger partial charge in [0, 0.05) is 11.3 Å². The summed E-state index contributed by atoms with van der Waals surface area (Å²) >= 11 is 0. The highest BCUT2D eigenvalue weighted by Crippen LogP contribution is 2.41. The Labute approximate surface area is 118 Å². The van der Waals surface area contributed by atoms with Crippen molar-refractivity contribution >= 4 is 0 Å². The molecule has 0 saturated heterocycles. The molecule has 0 fully saturated rings. The Hall–Kier alpha value is -2.30. The third-order valence-corrected chi connectivity index (χ3v) is 3.27. The van der Waals surface area contributed by atoms with Crippen molar-refractivity contribution < 1.29 is 14.2 Å². The van der Waals surface area contributed by atoms with Crippen LogP contribution in [-0.4, -0.2) is 31.3 Å². The summed E-state index contributed by atoms with van der Waals surface area (Å²) in [5.74, 6) is 1.79. The van der Waals surface area contributed by atoms with Crippen LogP contribution >= 0.6 is 0 Å². The monoisotopic (exact) mass is 274 g/mol. The quantitative estimate of drug-likeness (QED) is 0.858. The van der Waals surface area contributed by atoms with Gasteiger partial charge in [0.25, 0.3) is 0 Å². The molecule has 0 aliphatic rings. The molecular formula is C15H18N2O3. The molecule has 1 heterocycles. The minimum Gasteiger partial charge on any atom is -0.493 e. The second-order valence-electron chi connectivity index (χ2n) is 4.35. The molecule has 0 N–H and O–H groups in total. The van der Waals surface area contributed by atoms with Crippen LogP contribution in [0.2, 0.25) is 0 Å². The van der Waals surface area contributed by atoms with E-state index in [-0.39, 0.29) is 0 Å². The Morgan fingerprint density at radius 3 is 1.95 bits per heavy atom. The van der Waals surface area contributed by atoms with Gasteiger partial charge in [-0.25, -0.2) is 9.97 Å². The molecule has 0 saturated carbocycles. The highest BCUT2D eigenvalue weighted by atomic mass is 16.5. The molecule has 1 aromatic heterocycles. The molecule has 2 rings (SSSR count). The van der Waals surface area contributed by atoms with Crippen molar-refractivity contribution in [1.82, 2.24) is 9.97 Å². The zero-order valence-corrected chi connectivity index (χ0v) is 12.4. The summed E-state index contributed by atoms with van der Waals surface area (Å²) in [7, 11) is 4.78. The van der Waals surface area contributed by atoms with Crippen LogP contribution in [0.3, 0.4) is 0 Å². The van der Waals surface area contributed by atoms with Crippen LogP contribution in [0.15, 0.2) is 18.5 Å². The second-order valence-corrected chi connectivity index (χ2v) is 4.35. The van der Waals surface area contributed by atoms with Crippen LogP contribution in [0, 0.1) is 13.8 Å². The first kappa shape index (κ1) is 14.1. The van der Waals surface area contributed by atoms with Gasteiger partial charge < -0.3 is 14.2 Å². The molecular weight excluding hydrogens is 256 g/mol. The Morgan fingerprint density at radius 1 is 0.850 bits per heavy atom. The van der Waals surface area contributed by atoms with E-state index >= 15 is 0 Å². The fraction of sp³-hybridized carbons (Fsp3) is 0.333. The van der Waals surface area contributed by atoms with Crippen molar-refractivity contribution in [3.05, 3.63) is 29.7 Å². The Balaban J connectivity index is 2.66. The van der Waals surface area contributed by atoms with Gasteiger partial charge in [-0.2, -0.15) is 0 Å². The van der Waals surface area contributed by atoms with Gasteiger partial charge in [-0.3, -0.25) is 0 Å². The van der Waals surface area contributed by atoms with E-state index in [0.717, 1.165) is 22.5 Å². The molecule has 0 atom stereocenters. The zero-order chi connectivity index (χ0) is 14.7. The first-order valence-electron chi connectivity index (χ1n) is 6.21. The highest BCUT2D eigenvalue weighted by molar-refractivity contribution is 5.70. The number of ether oxygens (including phenoxy) is 3. The summed E-state index contributed by atoms with van der Waals surface area (Å²) in [5.41, 5.74) is 3.74. The smallest absolute Gasteiger partial charge is 0.203 e. The molecule has 1 aromatic carbocycles. The molecule has 0 aliphatic heterocycles. The summed E-state index contributed by atoms with van der Waals surface area (Å²) in [6.45, 7) is 3.95. The second kappa shape index (κ2) is 5.77. The van der Waals surface area contributed by atoms with Gasteiger partial charge in [0.2, 0.25) is 5.75 Å². The maximum Gasteiger partial charge on any atom is 0.203 e. The maximum absolute atomic E-state index is 5.36. The third kappa shape index (κ3) is 2.39. The van der Waals surface area contributed by atoms with Crippen molar-refractivity contribution in [2.24, 2.45) is 0 Å². The van der Waals surface area contributed by atoms with Crippen molar-refractivity contribution in [1.29, 1.82) is 0 Å². The third-order valence-electron chi connectivity index (χ3n) is 3.27. The van der Waals surface area contributed by atoms with Gasteiger partial charge >= 0.3 is 0 Å². The summed E-state index contributed by atoms with van der Waals surface area (Å²) in [6, 6.07) is 3.77. The number of benzene rings is 1. The van der Waals surface area contributed by atoms with E-state index in [2.05, 4.69) is 9.97 Å². The number of hydrogen-bond acceptors (Lipinski definition) is 5. The predicted molar refractivity (Wildman–Crippen MR) is 76.6 cm³/mol. The Morgan fingerprint density at radius 2 is 1.45 bits per heavy atom. The lowest BCUT2D eigenvalue weighted by Crippen LogP contribution is -1.98. The van der Waals surface area contributed by atoms with E-state index in [0.29, 0.717) is 17.2 Å². The number of nitrogens with zero attached hydrogens (tertiary/aromatic N) is 2. The van der Waals surface area contributed by atoms with Crippen LogP contribution < -0.4 is 14.2 Å². The molecule has 0 unspecified atom stereocenters. The minimum absolute atomic E-state index is 0.571. The fourth-order valence-electron chi connectivity index (χ4n) is 2.05. The molecule has 0 radical (unpaired) electrons. The minimum atomic E-state index is 0.571. The SMILES string of the molecule is COc1cc(-c2ncnc(C)c2C)cc(OC)c1OC. The number of hydrogen-bond donors (Lipinski definition) is 0. The van der Waals surface area contributed by atoms with Crippen LogP contribution in [0.4, 0.5) is 0 Å². The van der Waals surface area contributed by atoms with E-state index < -0.39 is 0 Å². The molecule has 106 valence electrons. The van der Waals surface area contributed by atoms with Crippen LogP contribution in [0.5, 0.6) is 17.2 Å². The maximum atomic E-state index is 5.36. The van der Waals surface area contributed by atoms with Gasteiger partial charge in [-0.1, -0.05) is 0 Å². The van der Waals surface area contributed by atoms with E-state index in [1.165, 1.54) is 0 Å². The summed E-state index contributed by atoms with van der Waals surface area (Å²) < 4.78 is 16.0. The van der Waals surface area contributed by atoms with Gasteiger partial charge in [-0.05, 0) is 31.5 Å². The van der Waals surface area contributed by atoms with Gasteiger partial charge in [0.15, 0.2) is 11.5 Å². The van der Waals surface area contributed by atoms with Gasteiger partial charge in [-0.15, -0.1) is 0 Å². The fourth-order valence-corrected chi connectivity index (χ4v) is 2.05. The van der Waals surface area contributed by atoms with Crippen molar-refractivity contribution in [3.63, 3.8) is 0 Å². The number of methoxy groups -OCH3 is 3. The molecule has 20 heavy (non-hydrogen) atoms. The number of rotatable bonds is 4. The first-order chi connectivity index (χ1) is 9.62. The normalized spacial score (nSPS) is 10.2. The zero-order valence-electron chi connectivity index (χ0n) is 12.4. The van der Waals surface area contributed by atoms with E-state index in [4.69, 9.17) is 14.2 Å². The lowest BCUT2D eigenvalue weighted by molar-refractivity contribution is 0.324. The summed E-state index contributed by atoms with van der Waals surface area (Å²) in [6.07, 6.45) is 1.56. The standard InChI is InChI=1S/C15H18N2O3/c1-9-10(2)16-8-17-14(9)11-6-12(18-3)15(20-5)13(7-11)19-4/h6-8H,1-5H3. The summed E-state index contributed by atoms with van der Waals surface area (Å²) in [5, 5.41) is 0. The predicted octanol–water partition coefficient (Wildman–Crippen LogP) is 2.79. The van der Waals surface area contributed by atoms with E-state index in [1.54, 1.807) is 27.7 Å². The van der Waals surface area contributed by atoms with E-state index in [9.17, 15) is 0 Å². The molecule has 0 bridgehead atoms. The lowest BCUT2D eigenvalue weighted by Gasteiger charge is -2.15. The van der Waals surface area contributed by atoms with Gasteiger partial charge in [0.1, 0.15) is 6.33 Å². The average Bonchev–Trinajstić information content (AvgIpc) is 2.48. The Bertz CT molecular complexity index is 602. The Kier molecular flexibility index (Phi) is 4.08. The molecule has 0 aliphatic carbocycles. The largest absolute Gasteiger partial charge is 0.493 e. The van der Waals surface area contributed by atoms with Gasteiger partial charge in [0.05, 0.1) is 27.0 Å². The van der Waals surface area contributed by atoms with Crippen molar-refractivity contribution in [3.8, 4) is 28.5 Å². The van der Waals surface area contributed by atoms with Crippen molar-refractivity contribution in [2.75, 3.05) is 21.3 Å². The molecule has 0 amide bonds. The first-order valence-corrected chi connectivity index (χ1v) is 6.21. The van der Waals surface area contributed by atoms with Crippen molar-refractivity contribution in [2.45, 2.75) is 13.8 Å². The lowest BCUT2D eigenvalue weighted by atomic mass is 10.0. The average molecular weight is 274 g/mol.